The zero-order valence-electron chi connectivity index (χ0n) is 11.3. The zero-order valence-corrected chi connectivity index (χ0v) is 12.9. The van der Waals surface area contributed by atoms with Crippen molar-refractivity contribution in [3.63, 3.8) is 0 Å². The number of halogens is 2. The van der Waals surface area contributed by atoms with Crippen LogP contribution < -0.4 is 5.73 Å². The summed E-state index contributed by atoms with van der Waals surface area (Å²) in [4.78, 5) is 2.27. The fraction of sp³-hybridized carbons (Fsp3) is 0.571. The summed E-state index contributed by atoms with van der Waals surface area (Å²) in [5.41, 5.74) is 6.63. The molecule has 1 atom stereocenters. The number of nitrogens with zero attached hydrogens (tertiary/aromatic N) is 1. The quantitative estimate of drug-likeness (QED) is 0.926. The van der Waals surface area contributed by atoms with E-state index < -0.39 is 0 Å². The van der Waals surface area contributed by atoms with Gasteiger partial charge in [-0.1, -0.05) is 15.9 Å². The lowest BCUT2D eigenvalue weighted by Crippen LogP contribution is -2.50. The van der Waals surface area contributed by atoms with Crippen LogP contribution >= 0.6 is 15.9 Å². The summed E-state index contributed by atoms with van der Waals surface area (Å²) < 4.78 is 20.1. The highest BCUT2D eigenvalue weighted by Crippen LogP contribution is 2.31. The van der Waals surface area contributed by atoms with Crippen LogP contribution in [0.5, 0.6) is 0 Å². The highest BCUT2D eigenvalue weighted by molar-refractivity contribution is 9.10. The third kappa shape index (κ3) is 3.54. The number of ether oxygens (including phenoxy) is 1. The minimum absolute atomic E-state index is 0.00764. The molecule has 1 unspecified atom stereocenters. The molecular weight excluding hydrogens is 311 g/mol. The molecule has 0 spiro atoms. The average molecular weight is 331 g/mol. The molecule has 2 rings (SSSR count). The topological polar surface area (TPSA) is 38.5 Å². The van der Waals surface area contributed by atoms with Gasteiger partial charge in [0.05, 0.1) is 12.2 Å². The number of morpholine rings is 1. The van der Waals surface area contributed by atoms with Crippen LogP contribution in [-0.4, -0.2) is 36.7 Å². The van der Waals surface area contributed by atoms with Crippen LogP contribution in [0.1, 0.15) is 25.5 Å². The lowest BCUT2D eigenvalue weighted by Gasteiger charge is -2.42. The normalized spacial score (nSPS) is 21.3. The molecule has 0 radical (unpaired) electrons. The first-order valence-electron chi connectivity index (χ1n) is 6.46. The highest BCUT2D eigenvalue weighted by atomic mass is 79.9. The molecule has 0 bridgehead atoms. The first kappa shape index (κ1) is 14.9. The summed E-state index contributed by atoms with van der Waals surface area (Å²) in [6, 6.07) is 4.75. The van der Waals surface area contributed by atoms with Crippen LogP contribution in [0.2, 0.25) is 0 Å². The SMILES string of the molecule is CC1(C)CN(C(CN)c2cc(F)ccc2Br)CCO1. The van der Waals surface area contributed by atoms with Crippen molar-refractivity contribution in [3.8, 4) is 0 Å². The van der Waals surface area contributed by atoms with E-state index in [1.807, 2.05) is 0 Å². The molecule has 0 saturated carbocycles. The second-order valence-corrected chi connectivity index (χ2v) is 6.35. The fourth-order valence-electron chi connectivity index (χ4n) is 2.56. The zero-order chi connectivity index (χ0) is 14.0. The van der Waals surface area contributed by atoms with Crippen molar-refractivity contribution in [1.82, 2.24) is 4.90 Å². The minimum atomic E-state index is -0.232. The van der Waals surface area contributed by atoms with Gasteiger partial charge in [0, 0.05) is 30.1 Å². The van der Waals surface area contributed by atoms with Gasteiger partial charge in [0.2, 0.25) is 0 Å². The molecule has 1 aromatic rings. The smallest absolute Gasteiger partial charge is 0.123 e. The maximum atomic E-state index is 13.5. The molecule has 3 nitrogen and oxygen atoms in total. The Bertz CT molecular complexity index is 453. The van der Waals surface area contributed by atoms with Crippen LogP contribution in [-0.2, 0) is 4.74 Å². The minimum Gasteiger partial charge on any atom is -0.373 e. The second-order valence-electron chi connectivity index (χ2n) is 5.50. The van der Waals surface area contributed by atoms with Gasteiger partial charge < -0.3 is 10.5 Å². The van der Waals surface area contributed by atoms with Crippen molar-refractivity contribution in [2.24, 2.45) is 5.73 Å². The van der Waals surface area contributed by atoms with Gasteiger partial charge in [-0.25, -0.2) is 4.39 Å². The number of hydrogen-bond donors (Lipinski definition) is 1. The molecule has 1 aromatic carbocycles. The number of nitrogens with two attached hydrogens (primary N) is 1. The van der Waals surface area contributed by atoms with Gasteiger partial charge in [-0.3, -0.25) is 4.90 Å². The van der Waals surface area contributed by atoms with Gasteiger partial charge in [0.25, 0.3) is 0 Å². The van der Waals surface area contributed by atoms with E-state index in [0.29, 0.717) is 13.2 Å². The van der Waals surface area contributed by atoms with Crippen LogP contribution in [0.15, 0.2) is 22.7 Å². The summed E-state index contributed by atoms with van der Waals surface area (Å²) >= 11 is 3.49. The summed E-state index contributed by atoms with van der Waals surface area (Å²) in [6.07, 6.45) is 0. The molecular formula is C14H20BrFN2O. The Hall–Kier alpha value is -0.490. The molecule has 1 aliphatic heterocycles. The predicted octanol–water partition coefficient (Wildman–Crippen LogP) is 2.70. The Balaban J connectivity index is 2.26. The van der Waals surface area contributed by atoms with E-state index in [1.54, 1.807) is 12.1 Å². The van der Waals surface area contributed by atoms with Crippen LogP contribution in [0.3, 0.4) is 0 Å². The van der Waals surface area contributed by atoms with E-state index in [0.717, 1.165) is 23.1 Å². The molecule has 19 heavy (non-hydrogen) atoms. The molecule has 1 aliphatic rings. The predicted molar refractivity (Wildman–Crippen MR) is 77.5 cm³/mol. The van der Waals surface area contributed by atoms with Crippen LogP contribution in [0.4, 0.5) is 4.39 Å². The van der Waals surface area contributed by atoms with E-state index in [-0.39, 0.29) is 17.5 Å². The maximum absolute atomic E-state index is 13.5. The molecule has 0 aromatic heterocycles. The van der Waals surface area contributed by atoms with Gasteiger partial charge in [-0.2, -0.15) is 0 Å². The molecule has 1 heterocycles. The van der Waals surface area contributed by atoms with Crippen LogP contribution in [0, 0.1) is 5.82 Å². The molecule has 5 heteroatoms. The van der Waals surface area contributed by atoms with Gasteiger partial charge in [0.15, 0.2) is 0 Å². The van der Waals surface area contributed by atoms with Gasteiger partial charge in [-0.05, 0) is 37.6 Å². The number of benzene rings is 1. The van der Waals surface area contributed by atoms with E-state index in [2.05, 4.69) is 34.7 Å². The largest absolute Gasteiger partial charge is 0.373 e. The van der Waals surface area contributed by atoms with Gasteiger partial charge >= 0.3 is 0 Å². The Morgan fingerprint density at radius 2 is 2.26 bits per heavy atom. The first-order chi connectivity index (χ1) is 8.93. The lowest BCUT2D eigenvalue weighted by molar-refractivity contribution is -0.0968. The van der Waals surface area contributed by atoms with E-state index in [9.17, 15) is 4.39 Å². The van der Waals surface area contributed by atoms with Crippen molar-refractivity contribution in [2.45, 2.75) is 25.5 Å². The third-order valence-corrected chi connectivity index (χ3v) is 4.16. The van der Waals surface area contributed by atoms with Crippen molar-refractivity contribution in [1.29, 1.82) is 0 Å². The summed E-state index contributed by atoms with van der Waals surface area (Å²) in [6.45, 7) is 6.86. The Morgan fingerprint density at radius 3 is 2.89 bits per heavy atom. The molecule has 0 aliphatic carbocycles. The molecule has 2 N–H and O–H groups in total. The fourth-order valence-corrected chi connectivity index (χ4v) is 3.07. The van der Waals surface area contributed by atoms with Crippen LogP contribution in [0.25, 0.3) is 0 Å². The van der Waals surface area contributed by atoms with Crippen molar-refractivity contribution < 1.29 is 9.13 Å². The first-order valence-corrected chi connectivity index (χ1v) is 7.25. The van der Waals surface area contributed by atoms with E-state index in [4.69, 9.17) is 10.5 Å². The molecule has 0 amide bonds. The highest BCUT2D eigenvalue weighted by Gasteiger charge is 2.32. The summed E-state index contributed by atoms with van der Waals surface area (Å²) in [5, 5.41) is 0. The second kappa shape index (κ2) is 5.87. The Morgan fingerprint density at radius 1 is 1.53 bits per heavy atom. The van der Waals surface area contributed by atoms with Gasteiger partial charge in [0.1, 0.15) is 5.82 Å². The summed E-state index contributed by atoms with van der Waals surface area (Å²) in [5.74, 6) is -0.232. The lowest BCUT2D eigenvalue weighted by atomic mass is 10.0. The Kier molecular flexibility index (Phi) is 4.61. The number of rotatable bonds is 3. The van der Waals surface area contributed by atoms with Gasteiger partial charge in [-0.15, -0.1) is 0 Å². The molecule has 1 fully saturated rings. The van der Waals surface area contributed by atoms with E-state index in [1.165, 1.54) is 6.07 Å². The maximum Gasteiger partial charge on any atom is 0.123 e. The standard InChI is InChI=1S/C14H20BrFN2O/c1-14(2)9-18(5-6-19-14)13(8-17)11-7-10(16)3-4-12(11)15/h3-4,7,13H,5-6,8-9,17H2,1-2H3. The van der Waals surface area contributed by atoms with E-state index >= 15 is 0 Å². The number of hydrogen-bond acceptors (Lipinski definition) is 3. The average Bonchev–Trinajstić information content (AvgIpc) is 2.33. The summed E-state index contributed by atoms with van der Waals surface area (Å²) in [7, 11) is 0. The Labute approximate surface area is 122 Å². The third-order valence-electron chi connectivity index (χ3n) is 3.44. The van der Waals surface area contributed by atoms with Crippen molar-refractivity contribution >= 4 is 15.9 Å². The monoisotopic (exact) mass is 330 g/mol. The molecule has 106 valence electrons. The van der Waals surface area contributed by atoms with Crippen molar-refractivity contribution in [3.05, 3.63) is 34.1 Å². The van der Waals surface area contributed by atoms with Crippen molar-refractivity contribution in [2.75, 3.05) is 26.2 Å². The molecule has 1 saturated heterocycles.